The van der Waals surface area contributed by atoms with Crippen molar-refractivity contribution in [3.8, 4) is 0 Å². The number of halogens is 1. The van der Waals surface area contributed by atoms with E-state index in [1.165, 1.54) is 0 Å². The largest absolute Gasteiger partial charge is 0.376 e. The molecule has 1 amide bonds. The number of nitrogens with two attached hydrogens (primary N) is 2. The minimum absolute atomic E-state index is 0.123. The van der Waals surface area contributed by atoms with Crippen molar-refractivity contribution in [2.45, 2.75) is 19.4 Å². The summed E-state index contributed by atoms with van der Waals surface area (Å²) < 4.78 is 0. The monoisotopic (exact) mass is 368 g/mol. The van der Waals surface area contributed by atoms with Crippen LogP contribution in [-0.2, 0) is 6.42 Å². The van der Waals surface area contributed by atoms with Crippen LogP contribution in [0.2, 0.25) is 5.02 Å². The van der Waals surface area contributed by atoms with Crippen LogP contribution in [-0.4, -0.2) is 17.4 Å². The van der Waals surface area contributed by atoms with Crippen LogP contribution in [0.15, 0.2) is 48.7 Å². The van der Waals surface area contributed by atoms with Crippen molar-refractivity contribution in [3.63, 3.8) is 0 Å². The Labute approximate surface area is 157 Å². The molecular formula is C20H21ClN4O. The van der Waals surface area contributed by atoms with Crippen LogP contribution in [0.25, 0.3) is 10.9 Å². The highest BCUT2D eigenvalue weighted by Crippen LogP contribution is 2.31. The van der Waals surface area contributed by atoms with Gasteiger partial charge in [0.15, 0.2) is 0 Å². The maximum absolute atomic E-state index is 11.7. The van der Waals surface area contributed by atoms with Crippen LogP contribution in [0.5, 0.6) is 0 Å². The molecule has 0 radical (unpaired) electrons. The third-order valence-corrected chi connectivity index (χ3v) is 4.66. The minimum Gasteiger partial charge on any atom is -0.376 e. The predicted octanol–water partition coefficient (Wildman–Crippen LogP) is 3.66. The van der Waals surface area contributed by atoms with E-state index in [0.29, 0.717) is 22.6 Å². The molecule has 1 unspecified atom stereocenters. The summed E-state index contributed by atoms with van der Waals surface area (Å²) in [6, 6.07) is 12.9. The van der Waals surface area contributed by atoms with Crippen molar-refractivity contribution >= 4 is 34.1 Å². The standard InChI is InChI=1S/C20H21ClN4O/c1-2-12-11-24-19-15(7-4-8-16(19)20(23)26)18(12)25-17(10-22)13-5-3-6-14(21)9-13/h3-9,11,17H,2,10,22H2,1H3,(H2,23,26)(H,24,25). The number of amides is 1. The number of primary amides is 1. The molecule has 6 heteroatoms. The van der Waals surface area contributed by atoms with Crippen LogP contribution in [0.3, 0.4) is 0 Å². The predicted molar refractivity (Wildman–Crippen MR) is 107 cm³/mol. The van der Waals surface area contributed by atoms with Gasteiger partial charge in [0.2, 0.25) is 0 Å². The summed E-state index contributed by atoms with van der Waals surface area (Å²) >= 11 is 6.13. The Morgan fingerprint density at radius 2 is 2.04 bits per heavy atom. The lowest BCUT2D eigenvalue weighted by molar-refractivity contribution is 0.100. The maximum Gasteiger partial charge on any atom is 0.250 e. The zero-order valence-corrected chi connectivity index (χ0v) is 15.3. The molecule has 26 heavy (non-hydrogen) atoms. The van der Waals surface area contributed by atoms with Crippen LogP contribution < -0.4 is 16.8 Å². The molecule has 0 aliphatic carbocycles. The summed E-state index contributed by atoms with van der Waals surface area (Å²) in [5.74, 6) is -0.497. The lowest BCUT2D eigenvalue weighted by Crippen LogP contribution is -2.21. The molecule has 0 saturated carbocycles. The van der Waals surface area contributed by atoms with Crippen molar-refractivity contribution in [1.82, 2.24) is 4.98 Å². The minimum atomic E-state index is -0.497. The number of pyridine rings is 1. The summed E-state index contributed by atoms with van der Waals surface area (Å²) in [7, 11) is 0. The molecule has 5 N–H and O–H groups in total. The van der Waals surface area contributed by atoms with E-state index >= 15 is 0 Å². The van der Waals surface area contributed by atoms with Gasteiger partial charge in [-0.15, -0.1) is 0 Å². The topological polar surface area (TPSA) is 94.0 Å². The molecule has 134 valence electrons. The summed E-state index contributed by atoms with van der Waals surface area (Å²) in [5, 5.41) is 5.03. The second kappa shape index (κ2) is 7.72. The van der Waals surface area contributed by atoms with E-state index in [4.69, 9.17) is 23.1 Å². The number of carbonyl (C=O) groups excluding carboxylic acids is 1. The number of rotatable bonds is 6. The zero-order valence-electron chi connectivity index (χ0n) is 14.5. The van der Waals surface area contributed by atoms with Crippen molar-refractivity contribution < 1.29 is 4.79 Å². The summed E-state index contributed by atoms with van der Waals surface area (Å²) in [6.07, 6.45) is 2.57. The highest BCUT2D eigenvalue weighted by molar-refractivity contribution is 6.30. The van der Waals surface area contributed by atoms with Crippen LogP contribution in [0, 0.1) is 0 Å². The Morgan fingerprint density at radius 3 is 2.69 bits per heavy atom. The summed E-state index contributed by atoms with van der Waals surface area (Å²) in [4.78, 5) is 16.2. The molecule has 1 aromatic heterocycles. The molecule has 0 saturated heterocycles. The van der Waals surface area contributed by atoms with Gasteiger partial charge in [0, 0.05) is 28.8 Å². The number of hydrogen-bond acceptors (Lipinski definition) is 4. The first-order valence-electron chi connectivity index (χ1n) is 8.47. The van der Waals surface area contributed by atoms with E-state index in [1.807, 2.05) is 36.4 Å². The van der Waals surface area contributed by atoms with E-state index in [-0.39, 0.29) is 6.04 Å². The van der Waals surface area contributed by atoms with Crippen molar-refractivity contribution in [3.05, 3.63) is 70.4 Å². The zero-order chi connectivity index (χ0) is 18.7. The van der Waals surface area contributed by atoms with E-state index in [0.717, 1.165) is 28.6 Å². The molecule has 0 spiro atoms. The normalized spacial score (nSPS) is 12.1. The number of nitrogens with one attached hydrogen (secondary N) is 1. The lowest BCUT2D eigenvalue weighted by atomic mass is 10.0. The molecule has 0 aliphatic heterocycles. The maximum atomic E-state index is 11.7. The second-order valence-corrected chi connectivity index (χ2v) is 6.50. The SMILES string of the molecule is CCc1cnc2c(C(N)=O)cccc2c1NC(CN)c1cccc(Cl)c1. The van der Waals surface area contributed by atoms with E-state index in [9.17, 15) is 4.79 Å². The van der Waals surface area contributed by atoms with Crippen LogP contribution in [0.1, 0.15) is 34.5 Å². The highest BCUT2D eigenvalue weighted by Gasteiger charge is 2.17. The molecule has 0 fully saturated rings. The van der Waals surface area contributed by atoms with Gasteiger partial charge in [0.25, 0.3) is 5.91 Å². The molecule has 5 nitrogen and oxygen atoms in total. The third-order valence-electron chi connectivity index (χ3n) is 4.43. The lowest BCUT2D eigenvalue weighted by Gasteiger charge is -2.22. The smallest absolute Gasteiger partial charge is 0.250 e. The van der Waals surface area contributed by atoms with Gasteiger partial charge < -0.3 is 16.8 Å². The fourth-order valence-electron chi connectivity index (χ4n) is 3.08. The fraction of sp³-hybridized carbons (Fsp3) is 0.200. The highest BCUT2D eigenvalue weighted by atomic mass is 35.5. The average molecular weight is 369 g/mol. The van der Waals surface area contributed by atoms with Crippen molar-refractivity contribution in [2.24, 2.45) is 11.5 Å². The van der Waals surface area contributed by atoms with E-state index in [1.54, 1.807) is 12.3 Å². The first kappa shape index (κ1) is 18.2. The van der Waals surface area contributed by atoms with Gasteiger partial charge in [-0.05, 0) is 35.7 Å². The van der Waals surface area contributed by atoms with Gasteiger partial charge in [-0.3, -0.25) is 9.78 Å². The number of aromatic nitrogens is 1. The van der Waals surface area contributed by atoms with Gasteiger partial charge in [-0.2, -0.15) is 0 Å². The van der Waals surface area contributed by atoms with Crippen molar-refractivity contribution in [1.29, 1.82) is 0 Å². The van der Waals surface area contributed by atoms with Gasteiger partial charge in [0.05, 0.1) is 17.1 Å². The Bertz CT molecular complexity index is 958. The summed E-state index contributed by atoms with van der Waals surface area (Å²) in [5.41, 5.74) is 15.5. The van der Waals surface area contributed by atoms with Gasteiger partial charge >= 0.3 is 0 Å². The molecular weight excluding hydrogens is 348 g/mol. The quantitative estimate of drug-likeness (QED) is 0.618. The number of benzene rings is 2. The third kappa shape index (κ3) is 3.49. The Morgan fingerprint density at radius 1 is 1.27 bits per heavy atom. The Kier molecular flexibility index (Phi) is 5.40. The molecule has 3 rings (SSSR count). The number of aryl methyl sites for hydroxylation is 1. The first-order valence-corrected chi connectivity index (χ1v) is 8.85. The van der Waals surface area contributed by atoms with Gasteiger partial charge in [0.1, 0.15) is 0 Å². The number of nitrogens with zero attached hydrogens (tertiary/aromatic N) is 1. The van der Waals surface area contributed by atoms with E-state index in [2.05, 4.69) is 17.2 Å². The van der Waals surface area contributed by atoms with E-state index < -0.39 is 5.91 Å². The first-order chi connectivity index (χ1) is 12.5. The Hall–Kier alpha value is -2.63. The number of fused-ring (bicyclic) bond motifs is 1. The van der Waals surface area contributed by atoms with Gasteiger partial charge in [-0.1, -0.05) is 42.8 Å². The molecule has 1 heterocycles. The number of anilines is 1. The fourth-order valence-corrected chi connectivity index (χ4v) is 3.28. The van der Waals surface area contributed by atoms with Crippen molar-refractivity contribution in [2.75, 3.05) is 11.9 Å². The van der Waals surface area contributed by atoms with Crippen LogP contribution in [0.4, 0.5) is 5.69 Å². The molecule has 2 aromatic carbocycles. The molecule has 1 atom stereocenters. The number of hydrogen-bond donors (Lipinski definition) is 3. The summed E-state index contributed by atoms with van der Waals surface area (Å²) in [6.45, 7) is 2.45. The van der Waals surface area contributed by atoms with Crippen LogP contribution >= 0.6 is 11.6 Å². The number of carbonyl (C=O) groups is 1. The molecule has 0 aliphatic rings. The molecule has 0 bridgehead atoms. The molecule has 3 aromatic rings. The van der Waals surface area contributed by atoms with Gasteiger partial charge in [-0.25, -0.2) is 0 Å². The Balaban J connectivity index is 2.13. The number of para-hydroxylation sites is 1. The second-order valence-electron chi connectivity index (χ2n) is 6.07. The average Bonchev–Trinajstić information content (AvgIpc) is 2.65.